The Morgan fingerprint density at radius 2 is 2.05 bits per heavy atom. The number of hydrogen-bond acceptors (Lipinski definition) is 4. The Kier molecular flexibility index (Phi) is 4.43. The van der Waals surface area contributed by atoms with Gasteiger partial charge in [0.1, 0.15) is 0 Å². The van der Waals surface area contributed by atoms with Gasteiger partial charge in [-0.05, 0) is 18.6 Å². The highest BCUT2D eigenvalue weighted by Gasteiger charge is 2.33. The van der Waals surface area contributed by atoms with E-state index in [1.807, 2.05) is 30.8 Å². The van der Waals surface area contributed by atoms with Crippen molar-refractivity contribution in [2.75, 3.05) is 18.0 Å². The van der Waals surface area contributed by atoms with Gasteiger partial charge in [-0.1, -0.05) is 25.1 Å². The molecule has 0 amide bonds. The summed E-state index contributed by atoms with van der Waals surface area (Å²) in [4.78, 5) is 0. The summed E-state index contributed by atoms with van der Waals surface area (Å²) in [5.41, 5.74) is 7.05. The topological polar surface area (TPSA) is 63.4 Å². The standard InChI is InChI=1S/C13H20N2O2S2/c1-10-11(2)18-8-7-15(10)19(16,17)9-12-5-3-4-6-13(12)14/h3-6,10-11H,7-9,14H2,1-2H3. The number of anilines is 1. The fraction of sp³-hybridized carbons (Fsp3) is 0.538. The minimum atomic E-state index is -3.30. The van der Waals surface area contributed by atoms with E-state index in [4.69, 9.17) is 5.73 Å². The number of nitrogens with zero attached hydrogens (tertiary/aromatic N) is 1. The zero-order valence-corrected chi connectivity index (χ0v) is 12.9. The molecular weight excluding hydrogens is 280 g/mol. The van der Waals surface area contributed by atoms with Crippen LogP contribution in [0.1, 0.15) is 19.4 Å². The molecule has 0 bridgehead atoms. The van der Waals surface area contributed by atoms with Gasteiger partial charge in [0.25, 0.3) is 0 Å². The van der Waals surface area contributed by atoms with Gasteiger partial charge >= 0.3 is 0 Å². The third kappa shape index (κ3) is 3.24. The molecule has 2 N–H and O–H groups in total. The summed E-state index contributed by atoms with van der Waals surface area (Å²) >= 11 is 1.82. The SMILES string of the molecule is CC1SCCN(S(=O)(=O)Cc2ccccc2N)C1C. The molecule has 0 radical (unpaired) electrons. The summed E-state index contributed by atoms with van der Waals surface area (Å²) in [6, 6.07) is 7.18. The number of para-hydroxylation sites is 1. The average molecular weight is 300 g/mol. The molecule has 1 aromatic rings. The van der Waals surface area contributed by atoms with Crippen LogP contribution in [-0.2, 0) is 15.8 Å². The van der Waals surface area contributed by atoms with Crippen molar-refractivity contribution in [1.82, 2.24) is 4.31 Å². The molecule has 0 aromatic heterocycles. The number of rotatable bonds is 3. The van der Waals surface area contributed by atoms with Crippen LogP contribution in [0, 0.1) is 0 Å². The van der Waals surface area contributed by atoms with Gasteiger partial charge in [-0.15, -0.1) is 0 Å². The summed E-state index contributed by atoms with van der Waals surface area (Å²) in [6.07, 6.45) is 0. The Balaban J connectivity index is 2.21. The minimum Gasteiger partial charge on any atom is -0.398 e. The van der Waals surface area contributed by atoms with Crippen LogP contribution >= 0.6 is 11.8 Å². The molecule has 106 valence electrons. The van der Waals surface area contributed by atoms with E-state index in [-0.39, 0.29) is 11.8 Å². The summed E-state index contributed by atoms with van der Waals surface area (Å²) in [7, 11) is -3.30. The molecule has 1 aliphatic heterocycles. The molecule has 2 atom stereocenters. The third-order valence-electron chi connectivity index (χ3n) is 3.58. The van der Waals surface area contributed by atoms with Crippen LogP contribution < -0.4 is 5.73 Å². The second-order valence-corrected chi connectivity index (χ2v) is 8.29. The molecule has 1 heterocycles. The van der Waals surface area contributed by atoms with Crippen molar-refractivity contribution >= 4 is 27.5 Å². The first-order valence-corrected chi connectivity index (χ1v) is 9.02. The van der Waals surface area contributed by atoms with E-state index in [1.54, 1.807) is 16.4 Å². The molecule has 1 aliphatic rings. The number of sulfonamides is 1. The lowest BCUT2D eigenvalue weighted by molar-refractivity contribution is 0.340. The lowest BCUT2D eigenvalue weighted by atomic mass is 10.2. The van der Waals surface area contributed by atoms with Gasteiger partial charge in [0.05, 0.1) is 5.75 Å². The highest BCUT2D eigenvalue weighted by molar-refractivity contribution is 8.00. The van der Waals surface area contributed by atoms with Gasteiger partial charge < -0.3 is 5.73 Å². The molecule has 2 rings (SSSR count). The van der Waals surface area contributed by atoms with Crippen molar-refractivity contribution in [3.63, 3.8) is 0 Å². The maximum Gasteiger partial charge on any atom is 0.218 e. The number of hydrogen-bond donors (Lipinski definition) is 1. The minimum absolute atomic E-state index is 0.0125. The van der Waals surface area contributed by atoms with E-state index in [9.17, 15) is 8.42 Å². The molecular formula is C13H20N2O2S2. The van der Waals surface area contributed by atoms with Gasteiger partial charge in [-0.2, -0.15) is 16.1 Å². The van der Waals surface area contributed by atoms with Gasteiger partial charge in [-0.25, -0.2) is 8.42 Å². The van der Waals surface area contributed by atoms with Crippen molar-refractivity contribution in [1.29, 1.82) is 0 Å². The van der Waals surface area contributed by atoms with E-state index in [2.05, 4.69) is 6.92 Å². The van der Waals surface area contributed by atoms with Crippen LogP contribution in [0.2, 0.25) is 0 Å². The summed E-state index contributed by atoms with van der Waals surface area (Å²) in [5, 5.41) is 0.330. The van der Waals surface area contributed by atoms with Crippen molar-refractivity contribution < 1.29 is 8.42 Å². The fourth-order valence-electron chi connectivity index (χ4n) is 2.24. The van der Waals surface area contributed by atoms with Crippen LogP contribution in [0.15, 0.2) is 24.3 Å². The summed E-state index contributed by atoms with van der Waals surface area (Å²) < 4.78 is 26.7. The maximum atomic E-state index is 12.5. The van der Waals surface area contributed by atoms with Crippen LogP contribution in [0.25, 0.3) is 0 Å². The Bertz CT molecular complexity index is 545. The molecule has 0 spiro atoms. The Labute approximate surface area is 119 Å². The van der Waals surface area contributed by atoms with E-state index in [0.29, 0.717) is 23.0 Å². The number of nitrogens with two attached hydrogens (primary N) is 1. The molecule has 1 fully saturated rings. The Morgan fingerprint density at radius 3 is 2.74 bits per heavy atom. The lowest BCUT2D eigenvalue weighted by Crippen LogP contribution is -2.48. The quantitative estimate of drug-likeness (QED) is 0.866. The smallest absolute Gasteiger partial charge is 0.218 e. The fourth-order valence-corrected chi connectivity index (χ4v) is 5.42. The van der Waals surface area contributed by atoms with Gasteiger partial charge in [0.15, 0.2) is 0 Å². The second kappa shape index (κ2) is 5.73. The van der Waals surface area contributed by atoms with Crippen LogP contribution in [0.5, 0.6) is 0 Å². The molecule has 0 saturated carbocycles. The number of nitrogen functional groups attached to an aromatic ring is 1. The lowest BCUT2D eigenvalue weighted by Gasteiger charge is -2.36. The Morgan fingerprint density at radius 1 is 1.37 bits per heavy atom. The van der Waals surface area contributed by atoms with Gasteiger partial charge in [0, 0.05) is 29.3 Å². The van der Waals surface area contributed by atoms with Crippen molar-refractivity contribution in [2.24, 2.45) is 0 Å². The molecule has 6 heteroatoms. The van der Waals surface area contributed by atoms with E-state index >= 15 is 0 Å². The Hall–Kier alpha value is -0.720. The predicted octanol–water partition coefficient (Wildman–Crippen LogP) is 1.92. The molecule has 1 aromatic carbocycles. The zero-order valence-electron chi connectivity index (χ0n) is 11.2. The van der Waals surface area contributed by atoms with Crippen LogP contribution in [-0.4, -0.2) is 36.3 Å². The monoisotopic (exact) mass is 300 g/mol. The third-order valence-corrected chi connectivity index (χ3v) is 6.82. The highest BCUT2D eigenvalue weighted by atomic mass is 32.2. The molecule has 0 aliphatic carbocycles. The number of thioether (sulfide) groups is 1. The molecule has 2 unspecified atom stereocenters. The predicted molar refractivity (Wildman–Crippen MR) is 81.6 cm³/mol. The van der Waals surface area contributed by atoms with Crippen molar-refractivity contribution in [2.45, 2.75) is 30.9 Å². The van der Waals surface area contributed by atoms with E-state index in [1.165, 1.54) is 0 Å². The first-order chi connectivity index (χ1) is 8.92. The first kappa shape index (κ1) is 14.7. The van der Waals surface area contributed by atoms with Crippen LogP contribution in [0.4, 0.5) is 5.69 Å². The second-order valence-electron chi connectivity index (χ2n) is 4.88. The molecule has 4 nitrogen and oxygen atoms in total. The molecule has 19 heavy (non-hydrogen) atoms. The largest absolute Gasteiger partial charge is 0.398 e. The first-order valence-electron chi connectivity index (χ1n) is 6.36. The van der Waals surface area contributed by atoms with Crippen molar-refractivity contribution in [3.05, 3.63) is 29.8 Å². The van der Waals surface area contributed by atoms with Crippen LogP contribution in [0.3, 0.4) is 0 Å². The average Bonchev–Trinajstić information content (AvgIpc) is 2.35. The maximum absolute atomic E-state index is 12.5. The summed E-state index contributed by atoms with van der Waals surface area (Å²) in [5.74, 6) is 0.844. The van der Waals surface area contributed by atoms with Gasteiger partial charge in [0.2, 0.25) is 10.0 Å². The van der Waals surface area contributed by atoms with E-state index < -0.39 is 10.0 Å². The van der Waals surface area contributed by atoms with E-state index in [0.717, 1.165) is 5.75 Å². The normalized spacial score (nSPS) is 25.4. The zero-order chi connectivity index (χ0) is 14.0. The number of benzene rings is 1. The van der Waals surface area contributed by atoms with Crippen molar-refractivity contribution in [3.8, 4) is 0 Å². The highest BCUT2D eigenvalue weighted by Crippen LogP contribution is 2.28. The van der Waals surface area contributed by atoms with Gasteiger partial charge in [-0.3, -0.25) is 0 Å². The summed E-state index contributed by atoms with van der Waals surface area (Å²) in [6.45, 7) is 4.64. The molecule has 1 saturated heterocycles.